The highest BCUT2D eigenvalue weighted by Crippen LogP contribution is 2.45. The van der Waals surface area contributed by atoms with Gasteiger partial charge in [0, 0.05) is 48.3 Å². The predicted molar refractivity (Wildman–Crippen MR) is 198 cm³/mol. The Morgan fingerprint density at radius 1 is 1.07 bits per heavy atom. The Morgan fingerprint density at radius 3 is 2.62 bits per heavy atom. The van der Waals surface area contributed by atoms with Crippen molar-refractivity contribution in [3.05, 3.63) is 93.1 Å². The van der Waals surface area contributed by atoms with Gasteiger partial charge in [-0.2, -0.15) is 0 Å². The molecule has 0 radical (unpaired) electrons. The number of phenols is 2. The first-order valence-corrected chi connectivity index (χ1v) is 18.1. The minimum absolute atomic E-state index is 0.0989. The highest BCUT2D eigenvalue weighted by Gasteiger charge is 2.48. The van der Waals surface area contributed by atoms with Crippen LogP contribution < -0.4 is 15.1 Å². The van der Waals surface area contributed by atoms with Gasteiger partial charge in [0.05, 0.1) is 12.0 Å². The summed E-state index contributed by atoms with van der Waals surface area (Å²) in [4.78, 5) is 30.4. The van der Waals surface area contributed by atoms with E-state index in [1.807, 2.05) is 12.3 Å². The zero-order valence-corrected chi connectivity index (χ0v) is 30.3. The maximum absolute atomic E-state index is 13.4. The number of aliphatic hydroxyl groups is 6. The molecule has 292 valence electrons. The normalized spacial score (nSPS) is 23.1. The molecule has 4 aromatic rings. The van der Waals surface area contributed by atoms with Crippen LogP contribution in [-0.2, 0) is 22.6 Å². The van der Waals surface area contributed by atoms with E-state index in [4.69, 9.17) is 18.9 Å². The number of aliphatic imine (C=N–C) groups is 1. The maximum Gasteiger partial charge on any atom is 0.222 e. The van der Waals surface area contributed by atoms with Gasteiger partial charge in [-0.1, -0.05) is 6.07 Å². The topological polar surface area (TPSA) is 237 Å². The quantitative estimate of drug-likeness (QED) is 0.0642. The molecule has 0 bridgehead atoms. The SMILES string of the molecule is Cc1cc(=O)c2cc3c(c([NH+]4C=C5N=CC=C5C4)c2o1)O[C@](C)(CCCO)[C@H](OOC[C@@](O)(Cc1ccc(O)c2ccc(O)cc12)[C@@H](O)[C@H](O)[C@H](O)CO)C3. The fourth-order valence-corrected chi connectivity index (χ4v) is 7.69. The van der Waals surface area contributed by atoms with Crippen molar-refractivity contribution in [3.8, 4) is 17.2 Å². The van der Waals surface area contributed by atoms with E-state index in [1.165, 1.54) is 36.4 Å². The second kappa shape index (κ2) is 15.1. The molecule has 3 aliphatic heterocycles. The second-order valence-corrected chi connectivity index (χ2v) is 14.8. The number of nitrogens with one attached hydrogen (secondary N) is 1. The lowest BCUT2D eigenvalue weighted by atomic mass is 9.84. The number of quaternary nitrogens is 1. The van der Waals surface area contributed by atoms with Crippen LogP contribution in [0.25, 0.3) is 21.7 Å². The summed E-state index contributed by atoms with van der Waals surface area (Å²) < 4.78 is 13.0. The van der Waals surface area contributed by atoms with E-state index >= 15 is 0 Å². The van der Waals surface area contributed by atoms with Gasteiger partial charge in [0.25, 0.3) is 0 Å². The van der Waals surface area contributed by atoms with Crippen molar-refractivity contribution in [2.75, 3.05) is 26.4 Å². The van der Waals surface area contributed by atoms with Gasteiger partial charge in [0.1, 0.15) is 77.9 Å². The minimum atomic E-state index is -2.39. The summed E-state index contributed by atoms with van der Waals surface area (Å²) in [5, 5.41) is 85.3. The lowest BCUT2D eigenvalue weighted by Gasteiger charge is -2.42. The van der Waals surface area contributed by atoms with E-state index in [2.05, 4.69) is 4.99 Å². The molecule has 3 aromatic carbocycles. The van der Waals surface area contributed by atoms with Crippen molar-refractivity contribution < 1.29 is 64.7 Å². The van der Waals surface area contributed by atoms with Crippen molar-refractivity contribution in [1.82, 2.24) is 0 Å². The number of hydrogen-bond donors (Lipinski definition) is 9. The Balaban J connectivity index is 1.23. The average molecular weight is 762 g/mol. The van der Waals surface area contributed by atoms with E-state index in [0.717, 1.165) is 16.2 Å². The largest absolute Gasteiger partial charge is 0.508 e. The van der Waals surface area contributed by atoms with Crippen LogP contribution in [0.5, 0.6) is 17.2 Å². The van der Waals surface area contributed by atoms with Gasteiger partial charge in [-0.05, 0) is 74.0 Å². The first-order valence-electron chi connectivity index (χ1n) is 18.1. The van der Waals surface area contributed by atoms with Gasteiger partial charge in [-0.3, -0.25) is 14.7 Å². The number of aromatic hydroxyl groups is 2. The first kappa shape index (κ1) is 38.6. The summed E-state index contributed by atoms with van der Waals surface area (Å²) in [5.41, 5.74) is -0.0218. The van der Waals surface area contributed by atoms with E-state index in [0.29, 0.717) is 63.0 Å². The Bertz CT molecular complexity index is 2270. The lowest BCUT2D eigenvalue weighted by molar-refractivity contribution is -0.763. The summed E-state index contributed by atoms with van der Waals surface area (Å²) in [6, 6.07) is 10.2. The summed E-state index contributed by atoms with van der Waals surface area (Å²) in [6.07, 6.45) is -0.930. The Labute approximate surface area is 314 Å². The smallest absolute Gasteiger partial charge is 0.222 e. The van der Waals surface area contributed by atoms with E-state index < -0.39 is 55.3 Å². The minimum Gasteiger partial charge on any atom is -0.508 e. The highest BCUT2D eigenvalue weighted by atomic mass is 17.2. The molecule has 0 aliphatic carbocycles. The standard InChI is InChI=1S/C40H44N2O13/c1-21-12-31(47)28-13-24-14-33(39(2,9-3-11-43)54-36(24)34(37(28)53-21)42-17-23-8-10-41-29(23)18-42)55-52-20-40(51,38(50)35(49)32(48)19-44)16-22-4-7-30(46)26-6-5-25(45)15-27(22)26/h4-8,10,12-13,15,18,32-33,35,38,43-46,48-51H,3,9,11,14,16-17,19-20H2,1-2H3/p+1/t32-,33-,35-,38+,39-,40+/m1/s1. The number of rotatable bonds is 14. The van der Waals surface area contributed by atoms with Crippen LogP contribution in [0.3, 0.4) is 0 Å². The molecule has 0 spiro atoms. The van der Waals surface area contributed by atoms with Crippen molar-refractivity contribution in [1.29, 1.82) is 0 Å². The number of allylic oxidation sites excluding steroid dienone is 1. The van der Waals surface area contributed by atoms with Crippen LogP contribution in [0.2, 0.25) is 0 Å². The molecule has 7 rings (SSSR count). The molecule has 7 atom stereocenters. The number of phenolic OH excluding ortho intramolecular Hbond substituents is 2. The Kier molecular flexibility index (Phi) is 10.6. The molecular formula is C40H45N2O13+. The highest BCUT2D eigenvalue weighted by molar-refractivity contribution is 5.92. The second-order valence-electron chi connectivity index (χ2n) is 14.8. The molecule has 15 heteroatoms. The van der Waals surface area contributed by atoms with Crippen LogP contribution >= 0.6 is 0 Å². The first-order chi connectivity index (χ1) is 26.2. The van der Waals surface area contributed by atoms with Crippen LogP contribution in [0.1, 0.15) is 36.7 Å². The van der Waals surface area contributed by atoms with Crippen LogP contribution in [0.15, 0.2) is 80.2 Å². The molecular weight excluding hydrogens is 716 g/mol. The van der Waals surface area contributed by atoms with E-state index in [-0.39, 0.29) is 36.4 Å². The summed E-state index contributed by atoms with van der Waals surface area (Å²) in [5.74, 6) is 0.685. The zero-order valence-electron chi connectivity index (χ0n) is 30.3. The van der Waals surface area contributed by atoms with Crippen molar-refractivity contribution in [3.63, 3.8) is 0 Å². The number of fused-ring (bicyclic) bond motifs is 4. The lowest BCUT2D eigenvalue weighted by Crippen LogP contribution is -3.01. The fraction of sp³-hybridized carbons (Fsp3) is 0.400. The Morgan fingerprint density at radius 2 is 1.87 bits per heavy atom. The molecule has 1 unspecified atom stereocenters. The molecule has 15 nitrogen and oxygen atoms in total. The zero-order chi connectivity index (χ0) is 39.2. The molecule has 4 heterocycles. The van der Waals surface area contributed by atoms with Gasteiger partial charge >= 0.3 is 0 Å². The molecule has 3 aliphatic rings. The summed E-state index contributed by atoms with van der Waals surface area (Å²) >= 11 is 0. The maximum atomic E-state index is 13.4. The molecule has 0 fully saturated rings. The van der Waals surface area contributed by atoms with Crippen LogP contribution in [0, 0.1) is 6.92 Å². The third-order valence-electron chi connectivity index (χ3n) is 10.8. The van der Waals surface area contributed by atoms with Crippen molar-refractivity contribution in [2.45, 2.75) is 75.1 Å². The number of aryl methyl sites for hydroxylation is 1. The van der Waals surface area contributed by atoms with E-state index in [9.17, 15) is 45.6 Å². The summed E-state index contributed by atoms with van der Waals surface area (Å²) in [6.45, 7) is 2.17. The number of ether oxygens (including phenoxy) is 1. The molecule has 0 amide bonds. The monoisotopic (exact) mass is 761 g/mol. The third kappa shape index (κ3) is 7.26. The van der Waals surface area contributed by atoms with Gasteiger partial charge < -0.3 is 50.0 Å². The molecule has 1 aromatic heterocycles. The van der Waals surface area contributed by atoms with Crippen LogP contribution in [0.4, 0.5) is 5.69 Å². The van der Waals surface area contributed by atoms with Crippen LogP contribution in [-0.4, -0.2) is 109 Å². The van der Waals surface area contributed by atoms with Gasteiger partial charge in [0.2, 0.25) is 11.3 Å². The molecule has 0 saturated carbocycles. The fourth-order valence-electron chi connectivity index (χ4n) is 7.69. The van der Waals surface area contributed by atoms with Crippen molar-refractivity contribution in [2.24, 2.45) is 4.99 Å². The number of hydrogen-bond acceptors (Lipinski definition) is 14. The van der Waals surface area contributed by atoms with Crippen molar-refractivity contribution >= 4 is 33.6 Å². The Hall–Kier alpha value is -4.68. The third-order valence-corrected chi connectivity index (χ3v) is 10.8. The number of nitrogens with zero attached hydrogens (tertiary/aromatic N) is 1. The van der Waals surface area contributed by atoms with Gasteiger partial charge in [-0.15, -0.1) is 0 Å². The molecule has 0 saturated heterocycles. The molecule has 55 heavy (non-hydrogen) atoms. The van der Waals surface area contributed by atoms with Gasteiger partial charge in [0.15, 0.2) is 11.2 Å². The van der Waals surface area contributed by atoms with Gasteiger partial charge in [-0.25, -0.2) is 9.78 Å². The van der Waals surface area contributed by atoms with E-state index in [1.54, 1.807) is 26.1 Å². The average Bonchev–Trinajstić information content (AvgIpc) is 3.77. The number of benzene rings is 3. The molecule has 9 N–H and O–H groups in total. The summed E-state index contributed by atoms with van der Waals surface area (Å²) in [7, 11) is 0. The number of aliphatic hydroxyl groups excluding tert-OH is 5. The predicted octanol–water partition coefficient (Wildman–Crippen LogP) is 0.880.